The lowest BCUT2D eigenvalue weighted by atomic mass is 9.48. The molecule has 2 fully saturated rings. The van der Waals surface area contributed by atoms with E-state index in [4.69, 9.17) is 9.26 Å². The van der Waals surface area contributed by atoms with Gasteiger partial charge < -0.3 is 24.7 Å². The summed E-state index contributed by atoms with van der Waals surface area (Å²) in [5.74, 6) is 0.162. The van der Waals surface area contributed by atoms with Crippen molar-refractivity contribution < 1.29 is 43.1 Å². The number of ketones is 1. The summed E-state index contributed by atoms with van der Waals surface area (Å²) in [6.45, 7) is 0.210. The van der Waals surface area contributed by atoms with Crippen molar-refractivity contribution in [1.29, 1.82) is 0 Å². The number of rotatable bonds is 3. The van der Waals surface area contributed by atoms with Gasteiger partial charge in [-0.05, 0) is 18.1 Å². The Kier molecular flexibility index (Phi) is 3.55. The summed E-state index contributed by atoms with van der Waals surface area (Å²) < 4.78 is 22.2. The van der Waals surface area contributed by atoms with Crippen LogP contribution in [-0.2, 0) is 25.7 Å². The van der Waals surface area contributed by atoms with Crippen LogP contribution < -0.4 is 4.74 Å². The fourth-order valence-corrected chi connectivity index (χ4v) is 6.61. The fourth-order valence-electron chi connectivity index (χ4n) is 6.19. The van der Waals surface area contributed by atoms with Gasteiger partial charge in [0, 0.05) is 24.8 Å². The van der Waals surface area contributed by atoms with E-state index in [0.29, 0.717) is 19.4 Å². The first kappa shape index (κ1) is 18.5. The zero-order chi connectivity index (χ0) is 20.1. The first-order valence-electron chi connectivity index (χ1n) is 9.33. The van der Waals surface area contributed by atoms with E-state index in [1.54, 1.807) is 6.07 Å². The van der Waals surface area contributed by atoms with Crippen molar-refractivity contribution in [2.75, 3.05) is 20.3 Å². The van der Waals surface area contributed by atoms with Crippen molar-refractivity contribution in [2.24, 2.45) is 0 Å². The molecule has 2 aliphatic carbocycles. The van der Waals surface area contributed by atoms with E-state index >= 15 is 0 Å². The van der Waals surface area contributed by atoms with Gasteiger partial charge in [-0.1, -0.05) is 6.07 Å². The maximum Gasteiger partial charge on any atom is 0.474 e. The molecule has 1 aromatic rings. The fraction of sp³-hybridized carbons (Fsp3) is 0.611. The van der Waals surface area contributed by atoms with Gasteiger partial charge in [0.05, 0.1) is 19.0 Å². The number of phenolic OH excluding ortho intramolecular Hbond substituents is 1. The molecule has 0 aromatic heterocycles. The predicted molar refractivity (Wildman–Crippen MR) is 94.5 cm³/mol. The monoisotopic (exact) mass is 412 g/mol. The summed E-state index contributed by atoms with van der Waals surface area (Å²) >= 11 is 0. The molecule has 4 aliphatic rings. The summed E-state index contributed by atoms with van der Waals surface area (Å²) in [7, 11) is -2.84. The number of aromatic hydroxyl groups is 1. The second-order valence-electron chi connectivity index (χ2n) is 8.73. The number of hydrogen-bond donors (Lipinski definition) is 4. The number of hydrogen-bond acceptors (Lipinski definition) is 6. The minimum atomic E-state index is -4.66. The van der Waals surface area contributed by atoms with Gasteiger partial charge in [0.15, 0.2) is 30.1 Å². The molecule has 0 radical (unpaired) electrons. The summed E-state index contributed by atoms with van der Waals surface area (Å²) in [5, 5.41) is 22.3. The molecule has 0 amide bonds. The lowest BCUT2D eigenvalue weighted by Crippen LogP contribution is -2.80. The highest BCUT2D eigenvalue weighted by molar-refractivity contribution is 7.46. The highest BCUT2D eigenvalue weighted by Gasteiger charge is 2.76. The SMILES string of the molecule is C[N+]1(COP(=O)(O)O)CC[C@]23c4c5ccc(O)c4O[C@H]2C(=O)CC[C@@]3(O)[C@H]1C5. The number of ether oxygens (including phenoxy) is 1. The molecule has 9 nitrogen and oxygen atoms in total. The Hall–Kier alpha value is -1.48. The number of carbonyl (C=O) groups is 1. The van der Waals surface area contributed by atoms with Crippen LogP contribution >= 0.6 is 7.82 Å². The minimum Gasteiger partial charge on any atom is -0.504 e. The molecule has 1 spiro atoms. The molecule has 1 saturated heterocycles. The molecular formula is C18H23NO8P+. The van der Waals surface area contributed by atoms with Gasteiger partial charge >= 0.3 is 7.82 Å². The van der Waals surface area contributed by atoms with Gasteiger partial charge in [-0.3, -0.25) is 9.28 Å². The van der Waals surface area contributed by atoms with Crippen LogP contribution in [0.2, 0.25) is 0 Å². The van der Waals surface area contributed by atoms with Crippen LogP contribution in [0.5, 0.6) is 11.5 Å². The molecule has 28 heavy (non-hydrogen) atoms. The second-order valence-corrected chi connectivity index (χ2v) is 9.97. The van der Waals surface area contributed by atoms with Crippen LogP contribution in [0.3, 0.4) is 0 Å². The third kappa shape index (κ3) is 2.09. The molecule has 2 aliphatic heterocycles. The molecule has 5 rings (SSSR count). The number of benzene rings is 1. The minimum absolute atomic E-state index is 0.0382. The van der Waals surface area contributed by atoms with Crippen LogP contribution in [0.25, 0.3) is 0 Å². The molecule has 10 heteroatoms. The van der Waals surface area contributed by atoms with Crippen molar-refractivity contribution in [2.45, 2.75) is 48.8 Å². The maximum absolute atomic E-state index is 12.7. The van der Waals surface area contributed by atoms with Crippen LogP contribution in [0, 0.1) is 0 Å². The zero-order valence-corrected chi connectivity index (χ0v) is 16.3. The Morgan fingerprint density at radius 1 is 1.36 bits per heavy atom. The van der Waals surface area contributed by atoms with E-state index in [-0.39, 0.29) is 41.3 Å². The van der Waals surface area contributed by atoms with E-state index < -0.39 is 31.0 Å². The molecular weight excluding hydrogens is 389 g/mol. The van der Waals surface area contributed by atoms with Gasteiger partial charge in [0.25, 0.3) is 0 Å². The number of phosphoric ester groups is 1. The van der Waals surface area contributed by atoms with Crippen molar-refractivity contribution in [3.63, 3.8) is 0 Å². The number of phenols is 1. The van der Waals surface area contributed by atoms with Crippen LogP contribution in [-0.4, -0.2) is 68.3 Å². The predicted octanol–water partition coefficient (Wildman–Crippen LogP) is 0.327. The number of carbonyl (C=O) groups excluding carboxylic acids is 1. The lowest BCUT2D eigenvalue weighted by Gasteiger charge is -2.63. The Morgan fingerprint density at radius 3 is 2.82 bits per heavy atom. The Bertz CT molecular complexity index is 946. The highest BCUT2D eigenvalue weighted by Crippen LogP contribution is 2.65. The van der Waals surface area contributed by atoms with Crippen molar-refractivity contribution in [3.8, 4) is 11.5 Å². The first-order valence-corrected chi connectivity index (χ1v) is 10.9. The van der Waals surface area contributed by atoms with Crippen LogP contribution in [0.4, 0.5) is 0 Å². The van der Waals surface area contributed by atoms with Crippen molar-refractivity contribution >= 4 is 13.6 Å². The average molecular weight is 412 g/mol. The van der Waals surface area contributed by atoms with Gasteiger partial charge in [-0.25, -0.2) is 9.09 Å². The second kappa shape index (κ2) is 5.36. The smallest absolute Gasteiger partial charge is 0.474 e. The van der Waals surface area contributed by atoms with Gasteiger partial charge in [0.1, 0.15) is 11.6 Å². The van der Waals surface area contributed by atoms with Crippen LogP contribution in [0.1, 0.15) is 30.4 Å². The molecule has 1 saturated carbocycles. The average Bonchev–Trinajstić information content (AvgIpc) is 2.98. The van der Waals surface area contributed by atoms with E-state index in [2.05, 4.69) is 0 Å². The number of likely N-dealkylation sites (tertiary alicyclic amines) is 1. The summed E-state index contributed by atoms with van der Waals surface area (Å²) in [5.41, 5.74) is -0.636. The maximum atomic E-state index is 12.7. The first-order chi connectivity index (χ1) is 13.0. The summed E-state index contributed by atoms with van der Waals surface area (Å²) in [6.07, 6.45) is 0.373. The van der Waals surface area contributed by atoms with Crippen LogP contribution in [0.15, 0.2) is 12.1 Å². The number of aliphatic hydroxyl groups is 1. The molecule has 2 heterocycles. The third-order valence-electron chi connectivity index (χ3n) is 7.42. The van der Waals surface area contributed by atoms with Crippen molar-refractivity contribution in [1.82, 2.24) is 0 Å². The third-order valence-corrected chi connectivity index (χ3v) is 7.88. The summed E-state index contributed by atoms with van der Waals surface area (Å²) in [6, 6.07) is 2.89. The molecule has 2 bridgehead atoms. The number of Topliss-reactive ketones (excluding diaryl/α,β-unsaturated/α-hetero) is 1. The highest BCUT2D eigenvalue weighted by atomic mass is 31.2. The Balaban J connectivity index is 1.69. The molecule has 5 atom stereocenters. The van der Waals surface area contributed by atoms with Gasteiger partial charge in [-0.2, -0.15) is 0 Å². The number of quaternary nitrogens is 1. The lowest BCUT2D eigenvalue weighted by molar-refractivity contribution is -0.962. The normalized spacial score (nSPS) is 40.8. The van der Waals surface area contributed by atoms with Gasteiger partial charge in [0.2, 0.25) is 0 Å². The van der Waals surface area contributed by atoms with Crippen molar-refractivity contribution in [3.05, 3.63) is 23.3 Å². The van der Waals surface area contributed by atoms with E-state index in [0.717, 1.165) is 11.1 Å². The van der Waals surface area contributed by atoms with E-state index in [9.17, 15) is 29.4 Å². The Labute approximate surface area is 161 Å². The van der Waals surface area contributed by atoms with Gasteiger partial charge in [-0.15, -0.1) is 0 Å². The van der Waals surface area contributed by atoms with E-state index in [1.807, 2.05) is 7.05 Å². The Morgan fingerprint density at radius 2 is 2.11 bits per heavy atom. The number of likely N-dealkylation sites (N-methyl/N-ethyl adjacent to an activating group) is 1. The van der Waals surface area contributed by atoms with E-state index in [1.165, 1.54) is 6.07 Å². The number of phosphoric acid groups is 1. The largest absolute Gasteiger partial charge is 0.504 e. The molecule has 1 aromatic carbocycles. The number of piperidine rings is 1. The zero-order valence-electron chi connectivity index (χ0n) is 15.4. The topological polar surface area (TPSA) is 134 Å². The quantitative estimate of drug-likeness (QED) is 0.412. The number of nitrogens with zero attached hydrogens (tertiary/aromatic N) is 1. The standard InChI is InChI=1S/C18H22NO8P/c1-19(9-26-28(23,24)25)7-6-17-14-10-2-3-11(20)15(14)27-16(17)12(21)4-5-18(17,22)13(19)8-10/h2-3,13,16,22H,4-9H2,1H3,(H2-,20,23,24,25)/p+1/t13-,16+,17+,18-,19?/m1/s1. The molecule has 1 unspecified atom stereocenters. The summed E-state index contributed by atoms with van der Waals surface area (Å²) in [4.78, 5) is 31.1. The molecule has 152 valence electrons. The molecule has 4 N–H and O–H groups in total.